The summed E-state index contributed by atoms with van der Waals surface area (Å²) in [7, 11) is 0. The van der Waals surface area contributed by atoms with E-state index >= 15 is 0 Å². The molecule has 4 atom stereocenters. The zero-order valence-corrected chi connectivity index (χ0v) is 24.7. The summed E-state index contributed by atoms with van der Waals surface area (Å²) in [4.78, 5) is 46.7. The monoisotopic (exact) mass is 572 g/mol. The Morgan fingerprint density at radius 3 is 2.40 bits per heavy atom. The highest BCUT2D eigenvalue weighted by Crippen LogP contribution is 2.58. The van der Waals surface area contributed by atoms with Gasteiger partial charge in [0.2, 0.25) is 5.91 Å². The molecule has 0 saturated carbocycles. The molecule has 3 aliphatic rings. The van der Waals surface area contributed by atoms with Crippen molar-refractivity contribution in [3.63, 3.8) is 0 Å². The van der Waals surface area contributed by atoms with Crippen LogP contribution in [-0.4, -0.2) is 29.6 Å². The van der Waals surface area contributed by atoms with Crippen molar-refractivity contribution in [1.29, 1.82) is 0 Å². The summed E-state index contributed by atoms with van der Waals surface area (Å²) >= 11 is 1.37. The van der Waals surface area contributed by atoms with Crippen LogP contribution in [-0.2, 0) is 16.6 Å². The zero-order valence-electron chi connectivity index (χ0n) is 23.8. The molecule has 0 aliphatic carbocycles. The van der Waals surface area contributed by atoms with Crippen LogP contribution in [0.4, 0.5) is 11.4 Å². The van der Waals surface area contributed by atoms with Crippen LogP contribution in [0.5, 0.6) is 0 Å². The lowest BCUT2D eigenvalue weighted by Crippen LogP contribution is -2.51. The van der Waals surface area contributed by atoms with Gasteiger partial charge in [0, 0.05) is 22.5 Å². The second kappa shape index (κ2) is 9.92. The molecule has 1 spiro atoms. The highest BCUT2D eigenvalue weighted by molar-refractivity contribution is 7.12. The number of nitrogens with one attached hydrogen (secondary N) is 1. The molecule has 0 bridgehead atoms. The molecule has 1 fully saturated rings. The fraction of sp³-hybridized carbons (Fsp3) is 0.250. The fourth-order valence-electron chi connectivity index (χ4n) is 7.41. The summed E-state index contributed by atoms with van der Waals surface area (Å²) in [6, 6.07) is 25.6. The fourth-order valence-corrected chi connectivity index (χ4v) is 8.11. The highest BCUT2D eigenvalue weighted by Gasteiger charge is 2.70. The number of carbonyl (C=O) groups excluding carboxylic acids is 3. The number of ketones is 2. The van der Waals surface area contributed by atoms with Crippen LogP contribution in [0.15, 0.2) is 96.4 Å². The van der Waals surface area contributed by atoms with Crippen LogP contribution in [0.3, 0.4) is 0 Å². The summed E-state index contributed by atoms with van der Waals surface area (Å²) in [5.74, 6) is -1.03. The lowest BCUT2D eigenvalue weighted by molar-refractivity contribution is -0.121. The summed E-state index contributed by atoms with van der Waals surface area (Å²) in [6.45, 7) is 6.38. The van der Waals surface area contributed by atoms with Gasteiger partial charge in [0.25, 0.3) is 0 Å². The normalized spacial score (nSPS) is 23.8. The maximum absolute atomic E-state index is 14.9. The third-order valence-corrected chi connectivity index (χ3v) is 9.97. The Labute approximate surface area is 249 Å². The van der Waals surface area contributed by atoms with E-state index in [2.05, 4.69) is 30.1 Å². The number of amides is 1. The molecule has 1 amide bonds. The van der Waals surface area contributed by atoms with E-state index in [4.69, 9.17) is 0 Å². The predicted molar refractivity (Wildman–Crippen MR) is 168 cm³/mol. The van der Waals surface area contributed by atoms with Gasteiger partial charge in [-0.25, -0.2) is 0 Å². The third-order valence-electron chi connectivity index (χ3n) is 9.08. The number of hydrogen-bond donors (Lipinski definition) is 1. The van der Waals surface area contributed by atoms with Crippen molar-refractivity contribution in [3.05, 3.63) is 124 Å². The van der Waals surface area contributed by atoms with Gasteiger partial charge in [-0.3, -0.25) is 14.4 Å². The van der Waals surface area contributed by atoms with Crippen molar-refractivity contribution in [3.8, 4) is 0 Å². The van der Waals surface area contributed by atoms with Crippen molar-refractivity contribution in [1.82, 2.24) is 0 Å². The van der Waals surface area contributed by atoms with Gasteiger partial charge in [0.05, 0.1) is 16.8 Å². The number of thiophene rings is 1. The molecule has 6 heteroatoms. The number of allylic oxidation sites excluding steroid dienone is 1. The summed E-state index contributed by atoms with van der Waals surface area (Å²) < 4.78 is 0. The van der Waals surface area contributed by atoms with Crippen LogP contribution < -0.4 is 10.2 Å². The number of hydrogen-bond acceptors (Lipinski definition) is 5. The molecule has 1 aromatic heterocycles. The van der Waals surface area contributed by atoms with E-state index < -0.39 is 23.4 Å². The van der Waals surface area contributed by atoms with Gasteiger partial charge < -0.3 is 10.2 Å². The molecule has 210 valence electrons. The van der Waals surface area contributed by atoms with E-state index in [0.29, 0.717) is 22.0 Å². The Morgan fingerprint density at radius 2 is 1.67 bits per heavy atom. The Kier molecular flexibility index (Phi) is 6.28. The van der Waals surface area contributed by atoms with Crippen molar-refractivity contribution in [2.24, 2.45) is 11.8 Å². The van der Waals surface area contributed by atoms with Crippen molar-refractivity contribution in [2.45, 2.75) is 44.7 Å². The first-order chi connectivity index (χ1) is 20.3. The molecule has 5 nitrogen and oxygen atoms in total. The Hall–Kier alpha value is -4.29. The van der Waals surface area contributed by atoms with Crippen LogP contribution in [0, 0.1) is 11.8 Å². The van der Waals surface area contributed by atoms with Gasteiger partial charge >= 0.3 is 0 Å². The van der Waals surface area contributed by atoms with E-state index in [1.54, 1.807) is 0 Å². The van der Waals surface area contributed by atoms with Crippen LogP contribution in [0.25, 0.3) is 5.57 Å². The van der Waals surface area contributed by atoms with Crippen molar-refractivity contribution >= 4 is 45.8 Å². The van der Waals surface area contributed by atoms with Gasteiger partial charge in [-0.15, -0.1) is 11.3 Å². The standard InChI is InChI=1S/C36H32N2O3S/c1-21(2)19-23-14-16-24(17-15-23)33(39)31-32(34(40)29-13-8-18-42-29)38-28-12-7-4-9-25(28)22(3)20-30(38)36(31)26-10-5-6-11-27(26)37-35(36)41/h4-18,20-21,30-32H,19H2,1-3H3,(H,37,41)/t30-,31-,32-,36-/m0/s1. The molecule has 0 radical (unpaired) electrons. The minimum Gasteiger partial charge on any atom is -0.352 e. The second-order valence-corrected chi connectivity index (χ2v) is 13.0. The quantitative estimate of drug-likeness (QED) is 0.248. The topological polar surface area (TPSA) is 66.5 Å². The van der Waals surface area contributed by atoms with Crippen molar-refractivity contribution in [2.75, 3.05) is 10.2 Å². The average Bonchev–Trinajstić information content (AvgIpc) is 3.70. The first-order valence-corrected chi connectivity index (χ1v) is 15.4. The lowest BCUT2D eigenvalue weighted by atomic mass is 9.64. The first-order valence-electron chi connectivity index (χ1n) is 14.5. The van der Waals surface area contributed by atoms with E-state index in [1.165, 1.54) is 11.3 Å². The van der Waals surface area contributed by atoms with Gasteiger partial charge in [0.1, 0.15) is 11.5 Å². The minimum absolute atomic E-state index is 0.137. The molecule has 3 aliphatic heterocycles. The second-order valence-electron chi connectivity index (χ2n) is 12.0. The maximum Gasteiger partial charge on any atom is 0.238 e. The smallest absolute Gasteiger partial charge is 0.238 e. The summed E-state index contributed by atoms with van der Waals surface area (Å²) in [6.07, 6.45) is 3.01. The Morgan fingerprint density at radius 1 is 0.929 bits per heavy atom. The van der Waals surface area contributed by atoms with E-state index in [-0.39, 0.29) is 17.5 Å². The molecule has 7 rings (SSSR count). The molecule has 42 heavy (non-hydrogen) atoms. The number of anilines is 2. The Bertz CT molecular complexity index is 1750. The van der Waals surface area contributed by atoms with Crippen molar-refractivity contribution < 1.29 is 14.4 Å². The van der Waals surface area contributed by atoms with Gasteiger partial charge in [-0.2, -0.15) is 0 Å². The van der Waals surface area contributed by atoms with E-state index in [1.807, 2.05) is 97.2 Å². The number of fused-ring (bicyclic) bond motifs is 6. The predicted octanol–water partition coefficient (Wildman–Crippen LogP) is 7.19. The van der Waals surface area contributed by atoms with Crippen LogP contribution in [0.1, 0.15) is 57.5 Å². The molecule has 1 N–H and O–H groups in total. The molecular formula is C36H32N2O3S. The summed E-state index contributed by atoms with van der Waals surface area (Å²) in [5.41, 5.74) is 4.74. The largest absolute Gasteiger partial charge is 0.352 e. The third kappa shape index (κ3) is 3.78. The van der Waals surface area contributed by atoms with Gasteiger partial charge in [0.15, 0.2) is 11.6 Å². The highest BCUT2D eigenvalue weighted by atomic mass is 32.1. The zero-order chi connectivity index (χ0) is 29.2. The number of Topliss-reactive ketones (excluding diaryl/α,β-unsaturated/α-hetero) is 2. The van der Waals surface area contributed by atoms with E-state index in [9.17, 15) is 14.4 Å². The molecular weight excluding hydrogens is 540 g/mol. The molecule has 0 unspecified atom stereocenters. The molecule has 3 aromatic carbocycles. The van der Waals surface area contributed by atoms with Gasteiger partial charge in [-0.05, 0) is 59.5 Å². The molecule has 4 aromatic rings. The van der Waals surface area contributed by atoms with Crippen LogP contribution in [0.2, 0.25) is 0 Å². The van der Waals surface area contributed by atoms with E-state index in [0.717, 1.165) is 34.4 Å². The maximum atomic E-state index is 14.9. The SMILES string of the molecule is CC1=C[C@@H]2N(c3ccccc31)[C@H](C(=O)c1cccs1)[C@@H](C(=O)c1ccc(CC(C)C)cc1)[C@@]21C(=O)Nc2ccccc21. The minimum atomic E-state index is -1.29. The lowest BCUT2D eigenvalue weighted by Gasteiger charge is -2.39. The molecule has 4 heterocycles. The van der Waals surface area contributed by atoms with Crippen LogP contribution >= 0.6 is 11.3 Å². The summed E-state index contributed by atoms with van der Waals surface area (Å²) in [5, 5.41) is 4.99. The number of rotatable bonds is 6. The first kappa shape index (κ1) is 26.6. The number of carbonyl (C=O) groups is 3. The number of para-hydroxylation sites is 2. The van der Waals surface area contributed by atoms with Gasteiger partial charge in [-0.1, -0.05) is 86.7 Å². The number of nitrogens with zero attached hydrogens (tertiary/aromatic N) is 1. The average molecular weight is 573 g/mol. The number of benzene rings is 3. The Balaban J connectivity index is 1.50. The molecule has 1 saturated heterocycles.